The molecule has 0 radical (unpaired) electrons. The van der Waals surface area contributed by atoms with Crippen LogP contribution in [0.25, 0.3) is 0 Å². The Bertz CT molecular complexity index is 429. The van der Waals surface area contributed by atoms with Crippen molar-refractivity contribution in [3.8, 4) is 0 Å². The Morgan fingerprint density at radius 1 is 0.594 bits per heavy atom. The smallest absolute Gasteiger partial charge is 0.300 e. The number of aliphatic hydroxyl groups excluding tert-OH is 5. The zero-order valence-electron chi connectivity index (χ0n) is 18.0. The lowest BCUT2D eigenvalue weighted by Gasteiger charge is -2.22. The lowest BCUT2D eigenvalue weighted by Crippen LogP contribution is -2.46. The maximum atomic E-state index is 9.90. The van der Waals surface area contributed by atoms with E-state index in [9.17, 15) is 4.79 Å². The van der Waals surface area contributed by atoms with Crippen LogP contribution in [0, 0.1) is 0 Å². The molecule has 0 aliphatic carbocycles. The molecular formula is C16H32O16. The van der Waals surface area contributed by atoms with E-state index in [0.29, 0.717) is 0 Å². The zero-order chi connectivity index (χ0) is 27.6. The van der Waals surface area contributed by atoms with E-state index in [4.69, 9.17) is 75.0 Å². The summed E-state index contributed by atoms with van der Waals surface area (Å²) in [5, 5.41) is 80.6. The van der Waals surface area contributed by atoms with E-state index in [-0.39, 0.29) is 6.29 Å². The molecule has 16 heteroatoms. The Labute approximate surface area is 182 Å². The van der Waals surface area contributed by atoms with E-state index < -0.39 is 60.9 Å². The first kappa shape index (κ1) is 42.8. The van der Waals surface area contributed by atoms with Crippen LogP contribution in [-0.2, 0) is 28.8 Å². The predicted molar refractivity (Wildman–Crippen MR) is 104 cm³/mol. The van der Waals surface area contributed by atoms with Crippen LogP contribution in [0.4, 0.5) is 0 Å². The second-order valence-electron chi connectivity index (χ2n) is 4.95. The van der Waals surface area contributed by atoms with Crippen molar-refractivity contribution in [2.45, 2.75) is 59.0 Å². The molecule has 10 N–H and O–H groups in total. The summed E-state index contributed by atoms with van der Waals surface area (Å²) in [6.45, 7) is 4.66. The number of rotatable bonds is 5. The summed E-state index contributed by atoms with van der Waals surface area (Å²) in [7, 11) is 0. The first-order valence-corrected chi connectivity index (χ1v) is 7.96. The molecule has 0 rings (SSSR count). The van der Waals surface area contributed by atoms with E-state index in [1.807, 2.05) is 0 Å². The Kier molecular flexibility index (Phi) is 40.2. The van der Waals surface area contributed by atoms with Crippen LogP contribution < -0.4 is 0 Å². The zero-order valence-corrected chi connectivity index (χ0v) is 18.0. The van der Waals surface area contributed by atoms with E-state index in [1.54, 1.807) is 0 Å². The van der Waals surface area contributed by atoms with Gasteiger partial charge in [0.25, 0.3) is 29.8 Å². The van der Waals surface area contributed by atoms with Gasteiger partial charge >= 0.3 is 0 Å². The minimum absolute atomic E-state index is 0.0258. The van der Waals surface area contributed by atoms with Gasteiger partial charge in [-0.05, 0) is 0 Å². The first-order valence-electron chi connectivity index (χ1n) is 7.96. The molecule has 0 aliphatic rings. The fourth-order valence-corrected chi connectivity index (χ4v) is 0.618. The second kappa shape index (κ2) is 30.0. The molecule has 0 aromatic carbocycles. The summed E-state index contributed by atoms with van der Waals surface area (Å²) in [5.41, 5.74) is 0. The minimum Gasteiger partial charge on any atom is -0.481 e. The average molecular weight is 480 g/mol. The minimum atomic E-state index is -1.79. The topological polar surface area (TPSA) is 305 Å². The van der Waals surface area contributed by atoms with Crippen molar-refractivity contribution in [1.29, 1.82) is 0 Å². The van der Waals surface area contributed by atoms with Crippen LogP contribution in [0.2, 0.25) is 0 Å². The molecule has 32 heavy (non-hydrogen) atoms. The number of hydrogen-bond donors (Lipinski definition) is 10. The molecule has 0 heterocycles. The average Bonchev–Trinajstić information content (AvgIpc) is 2.56. The van der Waals surface area contributed by atoms with Crippen LogP contribution in [0.15, 0.2) is 0 Å². The molecule has 0 aliphatic heterocycles. The maximum Gasteiger partial charge on any atom is 0.300 e. The molecule has 0 bridgehead atoms. The van der Waals surface area contributed by atoms with Gasteiger partial charge in [-0.2, -0.15) is 0 Å². The number of carbonyl (C=O) groups is 6. The van der Waals surface area contributed by atoms with Crippen LogP contribution in [-0.4, -0.2) is 118 Å². The predicted octanol–water partition coefficient (Wildman–Crippen LogP) is -2.92. The summed E-state index contributed by atoms with van der Waals surface area (Å²) in [5.74, 6) is -4.17. The van der Waals surface area contributed by atoms with Crippen molar-refractivity contribution in [1.82, 2.24) is 0 Å². The fourth-order valence-electron chi connectivity index (χ4n) is 0.618. The molecule has 192 valence electrons. The lowest BCUT2D eigenvalue weighted by atomic mass is 10.0. The largest absolute Gasteiger partial charge is 0.481 e. The Balaban J connectivity index is -0.0000000706. The van der Waals surface area contributed by atoms with Gasteiger partial charge in [0.05, 0.1) is 6.61 Å². The van der Waals surface area contributed by atoms with Crippen molar-refractivity contribution in [3.05, 3.63) is 0 Å². The van der Waals surface area contributed by atoms with Gasteiger partial charge in [0.1, 0.15) is 24.4 Å². The van der Waals surface area contributed by atoms with Gasteiger partial charge in [0.2, 0.25) is 0 Å². The molecule has 0 amide bonds. The summed E-state index contributed by atoms with van der Waals surface area (Å²) in [6, 6.07) is 0. The highest BCUT2D eigenvalue weighted by atomic mass is 16.4. The highest BCUT2D eigenvalue weighted by Gasteiger charge is 2.29. The molecule has 0 aromatic heterocycles. The molecule has 4 atom stereocenters. The molecule has 0 fully saturated rings. The number of carboxylic acids is 5. The third-order valence-electron chi connectivity index (χ3n) is 1.42. The van der Waals surface area contributed by atoms with Crippen molar-refractivity contribution < 1.29 is 79.8 Å². The fraction of sp³-hybridized carbons (Fsp3) is 0.625. The van der Waals surface area contributed by atoms with Crippen LogP contribution >= 0.6 is 0 Å². The number of aliphatic hydroxyl groups is 5. The van der Waals surface area contributed by atoms with Gasteiger partial charge in [-0.3, -0.25) is 24.0 Å². The second-order valence-corrected chi connectivity index (χ2v) is 4.95. The first-order chi connectivity index (χ1) is 14.2. The molecule has 16 nitrogen and oxygen atoms in total. The monoisotopic (exact) mass is 480 g/mol. The summed E-state index contributed by atoms with van der Waals surface area (Å²) < 4.78 is 0. The van der Waals surface area contributed by atoms with E-state index in [0.717, 1.165) is 34.6 Å². The molecule has 0 aromatic rings. The Hall–Kier alpha value is -3.18. The SMILES string of the molecule is CC(=O)O.CC(=O)O.CC(=O)O.CC(=O)O.CC(=O)O.O=C[C@H](O)[C@@H](O)[C@H](O)[C@H](O)CO. The van der Waals surface area contributed by atoms with Gasteiger partial charge in [-0.1, -0.05) is 0 Å². The van der Waals surface area contributed by atoms with E-state index >= 15 is 0 Å². The normalized spacial score (nSPS) is 11.8. The number of hydrogen-bond acceptors (Lipinski definition) is 11. The third kappa shape index (κ3) is 109. The third-order valence-corrected chi connectivity index (χ3v) is 1.42. The van der Waals surface area contributed by atoms with Crippen molar-refractivity contribution in [2.75, 3.05) is 6.61 Å². The van der Waals surface area contributed by atoms with Gasteiger partial charge in [0.15, 0.2) is 6.29 Å². The van der Waals surface area contributed by atoms with Crippen LogP contribution in [0.5, 0.6) is 0 Å². The molecule has 0 unspecified atom stereocenters. The van der Waals surface area contributed by atoms with Crippen molar-refractivity contribution >= 4 is 36.1 Å². The molecule has 0 saturated heterocycles. The molecule has 0 saturated carbocycles. The number of aliphatic carboxylic acids is 5. The van der Waals surface area contributed by atoms with Crippen LogP contribution in [0.3, 0.4) is 0 Å². The highest BCUT2D eigenvalue weighted by Crippen LogP contribution is 2.02. The number of aldehydes is 1. The summed E-state index contributed by atoms with van der Waals surface area (Å²) >= 11 is 0. The van der Waals surface area contributed by atoms with Crippen molar-refractivity contribution in [3.63, 3.8) is 0 Å². The highest BCUT2D eigenvalue weighted by molar-refractivity contribution is 5.63. The molecule has 0 spiro atoms. The quantitative estimate of drug-likeness (QED) is 0.176. The van der Waals surface area contributed by atoms with Gasteiger partial charge in [0, 0.05) is 34.6 Å². The standard InChI is InChI=1S/C6H12O6.5C2H4O2/c7-1-3(9)5(11)6(12)4(10)2-8;5*1-2(3)4/h1,3-6,8-12H,2H2;5*1H3,(H,3,4)/t3-,4+,5+,6+;;;;;/m0...../s1. The van der Waals surface area contributed by atoms with Gasteiger partial charge in [-0.15, -0.1) is 0 Å². The lowest BCUT2D eigenvalue weighted by molar-refractivity contribution is -0.136. The van der Waals surface area contributed by atoms with Crippen LogP contribution in [0.1, 0.15) is 34.6 Å². The van der Waals surface area contributed by atoms with Crippen molar-refractivity contribution in [2.24, 2.45) is 0 Å². The Morgan fingerprint density at radius 3 is 0.906 bits per heavy atom. The summed E-state index contributed by atoms with van der Waals surface area (Å²) in [4.78, 5) is 54.9. The van der Waals surface area contributed by atoms with Gasteiger partial charge < -0.3 is 55.9 Å². The Morgan fingerprint density at radius 2 is 0.781 bits per heavy atom. The van der Waals surface area contributed by atoms with E-state index in [1.165, 1.54) is 0 Å². The number of carboxylic acid groups (broad SMARTS) is 5. The summed E-state index contributed by atoms with van der Waals surface area (Å²) in [6.07, 6.45) is -6.84. The molecular weight excluding hydrogens is 448 g/mol. The van der Waals surface area contributed by atoms with E-state index in [2.05, 4.69) is 0 Å². The maximum absolute atomic E-state index is 9.90. The van der Waals surface area contributed by atoms with Gasteiger partial charge in [-0.25, -0.2) is 0 Å². The number of carbonyl (C=O) groups excluding carboxylic acids is 1.